The van der Waals surface area contributed by atoms with Crippen LogP contribution in [0.25, 0.3) is 0 Å². The van der Waals surface area contributed by atoms with E-state index in [4.69, 9.17) is 5.11 Å². The molecule has 0 aromatic carbocycles. The van der Waals surface area contributed by atoms with Crippen LogP contribution in [0.3, 0.4) is 0 Å². The van der Waals surface area contributed by atoms with Crippen molar-refractivity contribution >= 4 is 16.0 Å². The Morgan fingerprint density at radius 1 is 1.50 bits per heavy atom. The van der Waals surface area contributed by atoms with E-state index in [1.54, 1.807) is 6.92 Å². The van der Waals surface area contributed by atoms with Crippen LogP contribution in [-0.4, -0.2) is 42.1 Å². The number of hydrogen-bond donors (Lipinski definition) is 1. The summed E-state index contributed by atoms with van der Waals surface area (Å²) in [6, 6.07) is -0.202. The molecule has 1 saturated heterocycles. The van der Waals surface area contributed by atoms with Crippen molar-refractivity contribution in [2.75, 3.05) is 12.3 Å². The summed E-state index contributed by atoms with van der Waals surface area (Å²) in [4.78, 5) is 10.8. The van der Waals surface area contributed by atoms with E-state index < -0.39 is 21.9 Å². The van der Waals surface area contributed by atoms with E-state index in [-0.39, 0.29) is 11.8 Å². The summed E-state index contributed by atoms with van der Waals surface area (Å²) in [6.45, 7) is 3.94. The molecule has 1 aliphatic heterocycles. The zero-order valence-corrected chi connectivity index (χ0v) is 10.5. The number of nitrogens with zero attached hydrogens (tertiary/aromatic N) is 1. The van der Waals surface area contributed by atoms with Crippen molar-refractivity contribution in [3.63, 3.8) is 0 Å². The lowest BCUT2D eigenvalue weighted by Gasteiger charge is -2.35. The zero-order chi connectivity index (χ0) is 12.3. The minimum atomic E-state index is -3.19. The minimum absolute atomic E-state index is 0.148. The summed E-state index contributed by atoms with van der Waals surface area (Å²) >= 11 is 0. The minimum Gasteiger partial charge on any atom is -0.481 e. The van der Waals surface area contributed by atoms with Crippen molar-refractivity contribution in [1.29, 1.82) is 0 Å². The van der Waals surface area contributed by atoms with Gasteiger partial charge in [0.15, 0.2) is 0 Å². The van der Waals surface area contributed by atoms with Gasteiger partial charge < -0.3 is 5.11 Å². The Morgan fingerprint density at radius 3 is 2.56 bits per heavy atom. The molecule has 0 spiro atoms. The fourth-order valence-electron chi connectivity index (χ4n) is 2.16. The molecule has 0 aromatic rings. The van der Waals surface area contributed by atoms with Gasteiger partial charge in [0.1, 0.15) is 0 Å². The maximum absolute atomic E-state index is 11.9. The number of rotatable bonds is 4. The van der Waals surface area contributed by atoms with E-state index in [1.807, 2.05) is 6.92 Å². The molecule has 0 amide bonds. The first-order chi connectivity index (χ1) is 7.38. The first kappa shape index (κ1) is 13.4. The highest BCUT2D eigenvalue weighted by Gasteiger charge is 2.35. The molecule has 0 aliphatic carbocycles. The summed E-state index contributed by atoms with van der Waals surface area (Å²) in [5, 5.41) is 8.88. The van der Waals surface area contributed by atoms with Crippen molar-refractivity contribution in [3.8, 4) is 0 Å². The Bertz CT molecular complexity index is 352. The third-order valence-electron chi connectivity index (χ3n) is 2.98. The van der Waals surface area contributed by atoms with Crippen LogP contribution < -0.4 is 0 Å². The van der Waals surface area contributed by atoms with Crippen molar-refractivity contribution in [2.24, 2.45) is 5.92 Å². The number of carbonyl (C=O) groups is 1. The van der Waals surface area contributed by atoms with Crippen molar-refractivity contribution < 1.29 is 18.3 Å². The molecule has 1 N–H and O–H groups in total. The Kier molecular flexibility index (Phi) is 4.32. The van der Waals surface area contributed by atoms with E-state index in [0.29, 0.717) is 25.8 Å². The highest BCUT2D eigenvalue weighted by molar-refractivity contribution is 7.89. The molecule has 2 unspecified atom stereocenters. The second-order valence-electron chi connectivity index (χ2n) is 4.34. The van der Waals surface area contributed by atoms with Crippen LogP contribution in [0.5, 0.6) is 0 Å². The number of carboxylic acid groups (broad SMARTS) is 1. The predicted molar refractivity (Wildman–Crippen MR) is 60.6 cm³/mol. The molecule has 16 heavy (non-hydrogen) atoms. The molecule has 5 nitrogen and oxygen atoms in total. The van der Waals surface area contributed by atoms with E-state index in [2.05, 4.69) is 0 Å². The fraction of sp³-hybridized carbons (Fsp3) is 0.900. The normalized spacial score (nSPS) is 27.9. The second-order valence-corrected chi connectivity index (χ2v) is 6.38. The molecule has 6 heteroatoms. The lowest BCUT2D eigenvalue weighted by molar-refractivity contribution is -0.143. The van der Waals surface area contributed by atoms with Crippen LogP contribution in [0, 0.1) is 5.92 Å². The molecule has 2 atom stereocenters. The predicted octanol–water partition coefficient (Wildman–Crippen LogP) is 0.911. The molecular formula is C10H19NO4S. The third kappa shape index (κ3) is 2.95. The smallest absolute Gasteiger partial charge is 0.306 e. The molecule has 0 aromatic heterocycles. The van der Waals surface area contributed by atoms with Gasteiger partial charge in [0.05, 0.1) is 11.7 Å². The maximum atomic E-state index is 11.9. The lowest BCUT2D eigenvalue weighted by Crippen LogP contribution is -2.46. The van der Waals surface area contributed by atoms with Gasteiger partial charge in [-0.05, 0) is 26.2 Å². The molecule has 0 saturated carbocycles. The standard InChI is InChI=1S/C10H19NO4S/c1-3-6-16(14,15)11-5-4-9(10(12)13)7-8(11)2/h8-9H,3-7H2,1-2H3,(H,12,13). The number of hydrogen-bond acceptors (Lipinski definition) is 3. The van der Waals surface area contributed by atoms with Crippen LogP contribution in [0.1, 0.15) is 33.1 Å². The van der Waals surface area contributed by atoms with Gasteiger partial charge in [0.25, 0.3) is 0 Å². The van der Waals surface area contributed by atoms with Gasteiger partial charge in [0.2, 0.25) is 10.0 Å². The van der Waals surface area contributed by atoms with Gasteiger partial charge in [0, 0.05) is 12.6 Å². The number of sulfonamides is 1. The summed E-state index contributed by atoms with van der Waals surface area (Å²) in [6.07, 6.45) is 1.43. The van der Waals surface area contributed by atoms with E-state index >= 15 is 0 Å². The fourth-order valence-corrected chi connectivity index (χ4v) is 3.93. The van der Waals surface area contributed by atoms with Gasteiger partial charge in [-0.2, -0.15) is 4.31 Å². The Balaban J connectivity index is 2.71. The quantitative estimate of drug-likeness (QED) is 0.803. The Hall–Kier alpha value is -0.620. The molecule has 0 bridgehead atoms. The van der Waals surface area contributed by atoms with Gasteiger partial charge in [-0.3, -0.25) is 4.79 Å². The highest BCUT2D eigenvalue weighted by atomic mass is 32.2. The van der Waals surface area contributed by atoms with Crippen LogP contribution in [0.4, 0.5) is 0 Å². The van der Waals surface area contributed by atoms with Gasteiger partial charge in [-0.25, -0.2) is 8.42 Å². The van der Waals surface area contributed by atoms with Crippen molar-refractivity contribution in [3.05, 3.63) is 0 Å². The number of piperidine rings is 1. The van der Waals surface area contributed by atoms with Crippen molar-refractivity contribution in [2.45, 2.75) is 39.2 Å². The molecule has 94 valence electrons. The first-order valence-electron chi connectivity index (χ1n) is 5.60. The molecule has 0 radical (unpaired) electrons. The number of aliphatic carboxylic acids is 1. The number of carboxylic acids is 1. The van der Waals surface area contributed by atoms with E-state index in [1.165, 1.54) is 4.31 Å². The average molecular weight is 249 g/mol. The SMILES string of the molecule is CCCS(=O)(=O)N1CCC(C(=O)O)CC1C. The highest BCUT2D eigenvalue weighted by Crippen LogP contribution is 2.25. The molecule has 1 heterocycles. The summed E-state index contributed by atoms with van der Waals surface area (Å²) in [7, 11) is -3.19. The monoisotopic (exact) mass is 249 g/mol. The molecule has 1 fully saturated rings. The molecule has 1 aliphatic rings. The maximum Gasteiger partial charge on any atom is 0.306 e. The topological polar surface area (TPSA) is 74.7 Å². The van der Waals surface area contributed by atoms with Crippen LogP contribution in [-0.2, 0) is 14.8 Å². The Morgan fingerprint density at radius 2 is 2.12 bits per heavy atom. The van der Waals surface area contributed by atoms with Gasteiger partial charge >= 0.3 is 5.97 Å². The van der Waals surface area contributed by atoms with Gasteiger partial charge in [-0.15, -0.1) is 0 Å². The zero-order valence-electron chi connectivity index (χ0n) is 9.72. The Labute approximate surface area is 96.5 Å². The van der Waals surface area contributed by atoms with E-state index in [0.717, 1.165) is 0 Å². The molecule has 1 rings (SSSR count). The molecular weight excluding hydrogens is 230 g/mol. The van der Waals surface area contributed by atoms with Crippen molar-refractivity contribution in [1.82, 2.24) is 4.31 Å². The summed E-state index contributed by atoms with van der Waals surface area (Å²) in [5.41, 5.74) is 0. The summed E-state index contributed by atoms with van der Waals surface area (Å²) < 4.78 is 25.2. The van der Waals surface area contributed by atoms with Crippen LogP contribution in [0.2, 0.25) is 0 Å². The third-order valence-corrected chi connectivity index (χ3v) is 5.17. The first-order valence-corrected chi connectivity index (χ1v) is 7.21. The van der Waals surface area contributed by atoms with Crippen LogP contribution in [0.15, 0.2) is 0 Å². The summed E-state index contributed by atoms with van der Waals surface area (Å²) in [5.74, 6) is -1.07. The largest absolute Gasteiger partial charge is 0.481 e. The lowest BCUT2D eigenvalue weighted by atomic mass is 9.93. The van der Waals surface area contributed by atoms with Crippen LogP contribution >= 0.6 is 0 Å². The van der Waals surface area contributed by atoms with E-state index in [9.17, 15) is 13.2 Å². The second kappa shape index (κ2) is 5.14. The average Bonchev–Trinajstić information content (AvgIpc) is 2.16. The van der Waals surface area contributed by atoms with Gasteiger partial charge in [-0.1, -0.05) is 6.92 Å².